The summed E-state index contributed by atoms with van der Waals surface area (Å²) in [4.78, 5) is 4.66. The number of rotatable bonds is 5. The molecule has 0 spiro atoms. The third-order valence-electron chi connectivity index (χ3n) is 3.45. The molecule has 1 aromatic carbocycles. The largest absolute Gasteiger partial charge is 0.497 e. The maximum atomic E-state index is 6.21. The van der Waals surface area contributed by atoms with Crippen LogP contribution in [-0.2, 0) is 0 Å². The first-order valence-electron chi connectivity index (χ1n) is 6.51. The predicted octanol–water partition coefficient (Wildman–Crippen LogP) is 3.86. The van der Waals surface area contributed by atoms with Crippen LogP contribution in [0.1, 0.15) is 31.3 Å². The third kappa shape index (κ3) is 3.14. The maximum Gasteiger partial charge on any atom is 0.118 e. The van der Waals surface area contributed by atoms with Crippen LogP contribution in [0.3, 0.4) is 0 Å². The first kappa shape index (κ1) is 14.0. The molecule has 19 heavy (non-hydrogen) atoms. The van der Waals surface area contributed by atoms with Gasteiger partial charge in [0.25, 0.3) is 0 Å². The second kappa shape index (κ2) is 6.17. The van der Waals surface area contributed by atoms with Crippen LogP contribution in [-0.4, -0.2) is 12.1 Å². The van der Waals surface area contributed by atoms with E-state index in [0.29, 0.717) is 5.92 Å². The van der Waals surface area contributed by atoms with Crippen LogP contribution in [0.5, 0.6) is 5.75 Å². The minimum absolute atomic E-state index is 0.0296. The van der Waals surface area contributed by atoms with Gasteiger partial charge in [-0.25, -0.2) is 4.98 Å². The lowest BCUT2D eigenvalue weighted by Gasteiger charge is -2.15. The molecule has 0 aliphatic carbocycles. The van der Waals surface area contributed by atoms with Gasteiger partial charge in [-0.05, 0) is 30.2 Å². The van der Waals surface area contributed by atoms with Crippen molar-refractivity contribution in [2.45, 2.75) is 26.3 Å². The Morgan fingerprint density at radius 2 is 2.00 bits per heavy atom. The van der Waals surface area contributed by atoms with E-state index in [1.165, 1.54) is 0 Å². The molecule has 1 aromatic heterocycles. The van der Waals surface area contributed by atoms with Crippen molar-refractivity contribution in [3.8, 4) is 17.0 Å². The molecule has 102 valence electrons. The summed E-state index contributed by atoms with van der Waals surface area (Å²) < 4.78 is 5.16. The summed E-state index contributed by atoms with van der Waals surface area (Å²) in [7, 11) is 1.67. The number of thiazole rings is 1. The molecule has 3 nitrogen and oxygen atoms in total. The van der Waals surface area contributed by atoms with E-state index >= 15 is 0 Å². The van der Waals surface area contributed by atoms with Crippen LogP contribution >= 0.6 is 11.3 Å². The molecule has 2 rings (SSSR count). The van der Waals surface area contributed by atoms with Crippen LogP contribution < -0.4 is 10.5 Å². The van der Waals surface area contributed by atoms with Gasteiger partial charge in [-0.15, -0.1) is 11.3 Å². The van der Waals surface area contributed by atoms with E-state index in [0.717, 1.165) is 28.4 Å². The Balaban J connectivity index is 2.20. The van der Waals surface area contributed by atoms with Gasteiger partial charge in [-0.1, -0.05) is 20.3 Å². The van der Waals surface area contributed by atoms with Crippen molar-refractivity contribution in [3.63, 3.8) is 0 Å². The minimum Gasteiger partial charge on any atom is -0.497 e. The maximum absolute atomic E-state index is 6.21. The summed E-state index contributed by atoms with van der Waals surface area (Å²) in [5, 5.41) is 3.08. The second-order valence-corrected chi connectivity index (χ2v) is 5.60. The molecule has 0 saturated heterocycles. The number of nitrogens with zero attached hydrogens (tertiary/aromatic N) is 1. The van der Waals surface area contributed by atoms with Crippen molar-refractivity contribution in [2.75, 3.05) is 7.11 Å². The summed E-state index contributed by atoms with van der Waals surface area (Å²) >= 11 is 1.64. The zero-order valence-corrected chi connectivity index (χ0v) is 12.4. The van der Waals surface area contributed by atoms with Gasteiger partial charge in [0.2, 0.25) is 0 Å². The molecule has 0 radical (unpaired) electrons. The molecule has 2 aromatic rings. The van der Waals surface area contributed by atoms with Gasteiger partial charge < -0.3 is 10.5 Å². The van der Waals surface area contributed by atoms with Crippen molar-refractivity contribution in [1.29, 1.82) is 0 Å². The average Bonchev–Trinajstić information content (AvgIpc) is 2.95. The highest BCUT2D eigenvalue weighted by atomic mass is 32.1. The van der Waals surface area contributed by atoms with Crippen molar-refractivity contribution in [3.05, 3.63) is 34.7 Å². The van der Waals surface area contributed by atoms with E-state index in [1.807, 2.05) is 24.3 Å². The molecule has 4 heteroatoms. The molecule has 0 unspecified atom stereocenters. The van der Waals surface area contributed by atoms with Crippen molar-refractivity contribution < 1.29 is 4.74 Å². The highest BCUT2D eigenvalue weighted by molar-refractivity contribution is 7.10. The molecule has 1 heterocycles. The summed E-state index contributed by atoms with van der Waals surface area (Å²) in [6, 6.07) is 7.96. The third-order valence-corrected chi connectivity index (χ3v) is 4.40. The molecule has 0 fully saturated rings. The molecule has 2 atom stereocenters. The Morgan fingerprint density at radius 1 is 1.32 bits per heavy atom. The summed E-state index contributed by atoms with van der Waals surface area (Å²) in [6.07, 6.45) is 1.07. The Kier molecular flexibility index (Phi) is 4.56. The van der Waals surface area contributed by atoms with E-state index in [1.54, 1.807) is 18.4 Å². The fourth-order valence-corrected chi connectivity index (χ4v) is 2.79. The van der Waals surface area contributed by atoms with E-state index in [2.05, 4.69) is 24.2 Å². The summed E-state index contributed by atoms with van der Waals surface area (Å²) in [5.74, 6) is 1.31. The van der Waals surface area contributed by atoms with Crippen LogP contribution in [0.25, 0.3) is 11.3 Å². The fraction of sp³-hybridized carbons (Fsp3) is 0.400. The standard InChI is InChI=1S/C15H20N2OS/c1-4-10(2)14(16)15-17-13(9-19-15)11-5-7-12(18-3)8-6-11/h5-10,14H,4,16H2,1-3H3/t10-,14-/m0/s1. The second-order valence-electron chi connectivity index (χ2n) is 4.71. The van der Waals surface area contributed by atoms with E-state index in [4.69, 9.17) is 10.5 Å². The molecule has 0 aliphatic heterocycles. The Labute approximate surface area is 118 Å². The van der Waals surface area contributed by atoms with Crippen molar-refractivity contribution in [2.24, 2.45) is 11.7 Å². The lowest BCUT2D eigenvalue weighted by atomic mass is 10.0. The van der Waals surface area contributed by atoms with Crippen LogP contribution in [0.15, 0.2) is 29.6 Å². The zero-order valence-electron chi connectivity index (χ0n) is 11.6. The molecule has 0 bridgehead atoms. The Morgan fingerprint density at radius 3 is 2.58 bits per heavy atom. The Bertz CT molecular complexity index is 521. The Hall–Kier alpha value is -1.39. The van der Waals surface area contributed by atoms with Crippen LogP contribution in [0.2, 0.25) is 0 Å². The zero-order chi connectivity index (χ0) is 13.8. The molecule has 0 amide bonds. The number of ether oxygens (including phenoxy) is 1. The quantitative estimate of drug-likeness (QED) is 0.902. The van der Waals surface area contributed by atoms with E-state index in [-0.39, 0.29) is 6.04 Å². The molecule has 0 saturated carbocycles. The predicted molar refractivity (Wildman–Crippen MR) is 80.5 cm³/mol. The van der Waals surface area contributed by atoms with Gasteiger partial charge in [0.15, 0.2) is 0 Å². The lowest BCUT2D eigenvalue weighted by molar-refractivity contribution is 0.415. The molecule has 2 N–H and O–H groups in total. The van der Waals surface area contributed by atoms with Gasteiger partial charge in [-0.2, -0.15) is 0 Å². The molecular weight excluding hydrogens is 256 g/mol. The highest BCUT2D eigenvalue weighted by Crippen LogP contribution is 2.29. The average molecular weight is 276 g/mol. The summed E-state index contributed by atoms with van der Waals surface area (Å²) in [5.41, 5.74) is 8.30. The normalized spacial score (nSPS) is 14.1. The number of nitrogens with two attached hydrogens (primary N) is 1. The summed E-state index contributed by atoms with van der Waals surface area (Å²) in [6.45, 7) is 4.32. The SMILES string of the molecule is CC[C@H](C)[C@H](N)c1nc(-c2ccc(OC)cc2)cs1. The number of benzene rings is 1. The topological polar surface area (TPSA) is 48.1 Å². The smallest absolute Gasteiger partial charge is 0.118 e. The van der Waals surface area contributed by atoms with Crippen molar-refractivity contribution in [1.82, 2.24) is 4.98 Å². The highest BCUT2D eigenvalue weighted by Gasteiger charge is 2.17. The lowest BCUT2D eigenvalue weighted by Crippen LogP contribution is -2.18. The number of hydrogen-bond acceptors (Lipinski definition) is 4. The molecule has 0 aliphatic rings. The number of methoxy groups -OCH3 is 1. The first-order chi connectivity index (χ1) is 9.15. The van der Waals surface area contributed by atoms with Crippen LogP contribution in [0, 0.1) is 5.92 Å². The van der Waals surface area contributed by atoms with Crippen LogP contribution in [0.4, 0.5) is 0 Å². The minimum atomic E-state index is 0.0296. The van der Waals surface area contributed by atoms with Gasteiger partial charge in [0, 0.05) is 10.9 Å². The van der Waals surface area contributed by atoms with Gasteiger partial charge >= 0.3 is 0 Å². The van der Waals surface area contributed by atoms with E-state index < -0.39 is 0 Å². The molecular formula is C15H20N2OS. The van der Waals surface area contributed by atoms with E-state index in [9.17, 15) is 0 Å². The van der Waals surface area contributed by atoms with Gasteiger partial charge in [0.05, 0.1) is 18.8 Å². The van der Waals surface area contributed by atoms with Crippen molar-refractivity contribution >= 4 is 11.3 Å². The van der Waals surface area contributed by atoms with Gasteiger partial charge in [-0.3, -0.25) is 0 Å². The number of aromatic nitrogens is 1. The first-order valence-corrected chi connectivity index (χ1v) is 7.39. The van der Waals surface area contributed by atoms with Gasteiger partial charge in [0.1, 0.15) is 10.8 Å². The monoisotopic (exact) mass is 276 g/mol. The number of hydrogen-bond donors (Lipinski definition) is 1. The fourth-order valence-electron chi connectivity index (χ4n) is 1.83.